The number of carbonyl (C=O) groups excluding carboxylic acids is 1. The van der Waals surface area contributed by atoms with E-state index in [1.807, 2.05) is 6.07 Å². The minimum atomic E-state index is -0.574. The molecule has 0 N–H and O–H groups in total. The fourth-order valence-corrected chi connectivity index (χ4v) is 1.74. The summed E-state index contributed by atoms with van der Waals surface area (Å²) in [5.74, 6) is -0.430. The molecule has 7 heteroatoms. The molecule has 0 fully saturated rings. The highest BCUT2D eigenvalue weighted by Crippen LogP contribution is 2.19. The molecule has 0 saturated carbocycles. The fourth-order valence-electron chi connectivity index (χ4n) is 1.63. The van der Waals surface area contributed by atoms with Gasteiger partial charge >= 0.3 is 5.97 Å². The van der Waals surface area contributed by atoms with Crippen LogP contribution in [0, 0.1) is 18.3 Å². The second kappa shape index (κ2) is 6.55. The van der Waals surface area contributed by atoms with Crippen LogP contribution in [0.1, 0.15) is 37.7 Å². The number of halogens is 1. The van der Waals surface area contributed by atoms with Crippen LogP contribution >= 0.6 is 11.6 Å². The van der Waals surface area contributed by atoms with E-state index in [1.165, 1.54) is 10.8 Å². The number of rotatable bonds is 4. The number of nitrogens with zero attached hydrogens (tertiary/aromatic N) is 4. The minimum Gasteiger partial charge on any atom is -0.459 e. The van der Waals surface area contributed by atoms with Gasteiger partial charge in [-0.25, -0.2) is 0 Å². The van der Waals surface area contributed by atoms with E-state index in [0.29, 0.717) is 11.3 Å². The zero-order valence-electron chi connectivity index (χ0n) is 12.5. The summed E-state index contributed by atoms with van der Waals surface area (Å²) in [7, 11) is 0. The van der Waals surface area contributed by atoms with E-state index < -0.39 is 11.6 Å². The van der Waals surface area contributed by atoms with E-state index in [1.54, 1.807) is 27.7 Å². The molecule has 0 bridgehead atoms. The Morgan fingerprint density at radius 2 is 2.24 bits per heavy atom. The summed E-state index contributed by atoms with van der Waals surface area (Å²) in [6.07, 6.45) is 1.49. The maximum atomic E-state index is 11.8. The van der Waals surface area contributed by atoms with Gasteiger partial charge in [-0.05, 0) is 40.5 Å². The van der Waals surface area contributed by atoms with Crippen LogP contribution in [0.15, 0.2) is 10.1 Å². The standard InChI is InChI=1S/C14H17ClN4O2/c1-9-10(6-12(15)17-5)11(7-16)18-19(9)8-13(20)21-14(2,3)4/h6H,5,8H2,1-4H3/b12-6-. The van der Waals surface area contributed by atoms with Crippen molar-refractivity contribution in [2.75, 3.05) is 0 Å². The van der Waals surface area contributed by atoms with Gasteiger partial charge in [-0.1, -0.05) is 11.6 Å². The minimum absolute atomic E-state index is 0.0786. The Morgan fingerprint density at radius 3 is 2.71 bits per heavy atom. The van der Waals surface area contributed by atoms with Crippen molar-refractivity contribution in [2.45, 2.75) is 39.8 Å². The molecular formula is C14H17ClN4O2. The van der Waals surface area contributed by atoms with Gasteiger partial charge in [-0.2, -0.15) is 10.4 Å². The molecule has 112 valence electrons. The Bertz CT molecular complexity index is 633. The zero-order valence-corrected chi connectivity index (χ0v) is 13.2. The number of carbonyl (C=O) groups is 1. The lowest BCUT2D eigenvalue weighted by molar-refractivity contribution is -0.155. The Morgan fingerprint density at radius 1 is 1.62 bits per heavy atom. The zero-order chi connectivity index (χ0) is 16.2. The molecule has 0 radical (unpaired) electrons. The van der Waals surface area contributed by atoms with Crippen molar-refractivity contribution < 1.29 is 9.53 Å². The average molecular weight is 309 g/mol. The van der Waals surface area contributed by atoms with E-state index in [2.05, 4.69) is 16.8 Å². The number of aliphatic imine (C=N–C) groups is 1. The van der Waals surface area contributed by atoms with Crippen LogP contribution in [0.5, 0.6) is 0 Å². The average Bonchev–Trinajstić information content (AvgIpc) is 2.64. The summed E-state index contributed by atoms with van der Waals surface area (Å²) < 4.78 is 6.64. The molecule has 1 heterocycles. The highest BCUT2D eigenvalue weighted by atomic mass is 35.5. The smallest absolute Gasteiger partial charge is 0.328 e. The number of esters is 1. The van der Waals surface area contributed by atoms with E-state index in [4.69, 9.17) is 21.6 Å². The molecule has 0 aliphatic carbocycles. The number of aromatic nitrogens is 2. The number of ether oxygens (including phenoxy) is 1. The van der Waals surface area contributed by atoms with E-state index in [-0.39, 0.29) is 17.4 Å². The summed E-state index contributed by atoms with van der Waals surface area (Å²) in [4.78, 5) is 15.4. The van der Waals surface area contributed by atoms with Crippen LogP contribution in [0.3, 0.4) is 0 Å². The Kier molecular flexibility index (Phi) is 5.28. The SMILES string of the molecule is C=N/C(Cl)=C\c1c(C#N)nn(CC(=O)OC(C)(C)C)c1C. The van der Waals surface area contributed by atoms with Gasteiger partial charge in [-0.15, -0.1) is 0 Å². The van der Waals surface area contributed by atoms with Crippen molar-refractivity contribution >= 4 is 30.4 Å². The second-order valence-corrected chi connectivity index (χ2v) is 5.72. The molecule has 0 aliphatic heterocycles. The van der Waals surface area contributed by atoms with Gasteiger partial charge in [0.05, 0.1) is 0 Å². The van der Waals surface area contributed by atoms with Crippen LogP contribution < -0.4 is 0 Å². The molecule has 1 aromatic heterocycles. The highest BCUT2D eigenvalue weighted by Gasteiger charge is 2.20. The van der Waals surface area contributed by atoms with Crippen molar-refractivity contribution in [1.82, 2.24) is 9.78 Å². The third kappa shape index (κ3) is 4.72. The van der Waals surface area contributed by atoms with E-state index in [9.17, 15) is 4.79 Å². The molecule has 1 rings (SSSR count). The summed E-state index contributed by atoms with van der Waals surface area (Å²) in [6, 6.07) is 1.96. The van der Waals surface area contributed by atoms with Gasteiger partial charge in [0, 0.05) is 11.3 Å². The fraction of sp³-hybridized carbons (Fsp3) is 0.429. The monoisotopic (exact) mass is 308 g/mol. The van der Waals surface area contributed by atoms with Crippen LogP contribution in [-0.2, 0) is 16.1 Å². The van der Waals surface area contributed by atoms with Crippen molar-refractivity contribution in [3.8, 4) is 6.07 Å². The first kappa shape index (κ1) is 16.9. The Labute approximate surface area is 128 Å². The van der Waals surface area contributed by atoms with Gasteiger partial charge in [-0.3, -0.25) is 14.5 Å². The molecule has 0 aliphatic rings. The van der Waals surface area contributed by atoms with Gasteiger partial charge in [0.1, 0.15) is 23.4 Å². The maximum Gasteiger partial charge on any atom is 0.328 e. The lowest BCUT2D eigenvalue weighted by Gasteiger charge is -2.19. The summed E-state index contributed by atoms with van der Waals surface area (Å²) in [6.45, 7) is 10.3. The summed E-state index contributed by atoms with van der Waals surface area (Å²) >= 11 is 5.80. The molecule has 0 amide bonds. The number of nitriles is 1. The molecule has 0 saturated heterocycles. The summed E-state index contributed by atoms with van der Waals surface area (Å²) in [5.41, 5.74) is 0.727. The van der Waals surface area contributed by atoms with E-state index in [0.717, 1.165) is 0 Å². The first-order valence-electron chi connectivity index (χ1n) is 6.21. The Balaban J connectivity index is 3.09. The largest absolute Gasteiger partial charge is 0.459 e. The predicted molar refractivity (Wildman–Crippen MR) is 80.9 cm³/mol. The molecule has 0 unspecified atom stereocenters. The number of hydrogen-bond acceptors (Lipinski definition) is 5. The first-order chi connectivity index (χ1) is 9.67. The van der Waals surface area contributed by atoms with Crippen molar-refractivity contribution in [2.24, 2.45) is 4.99 Å². The van der Waals surface area contributed by atoms with Crippen LogP contribution in [0.2, 0.25) is 0 Å². The molecule has 1 aromatic rings. The van der Waals surface area contributed by atoms with Crippen molar-refractivity contribution in [3.05, 3.63) is 22.1 Å². The van der Waals surface area contributed by atoms with Crippen LogP contribution in [-0.4, -0.2) is 28.1 Å². The van der Waals surface area contributed by atoms with E-state index >= 15 is 0 Å². The second-order valence-electron chi connectivity index (χ2n) is 5.33. The van der Waals surface area contributed by atoms with Gasteiger partial charge in [0.15, 0.2) is 5.69 Å². The van der Waals surface area contributed by atoms with Crippen molar-refractivity contribution in [1.29, 1.82) is 5.26 Å². The third-order valence-corrected chi connectivity index (χ3v) is 2.70. The van der Waals surface area contributed by atoms with Gasteiger partial charge in [0.2, 0.25) is 0 Å². The highest BCUT2D eigenvalue weighted by molar-refractivity contribution is 6.31. The molecular weight excluding hydrogens is 292 g/mol. The third-order valence-electron chi connectivity index (χ3n) is 2.47. The van der Waals surface area contributed by atoms with Crippen molar-refractivity contribution in [3.63, 3.8) is 0 Å². The van der Waals surface area contributed by atoms with Gasteiger partial charge < -0.3 is 4.74 Å². The normalized spacial score (nSPS) is 11.9. The number of hydrogen-bond donors (Lipinski definition) is 0. The summed E-state index contributed by atoms with van der Waals surface area (Å²) in [5, 5.41) is 13.3. The first-order valence-corrected chi connectivity index (χ1v) is 6.59. The molecule has 6 nitrogen and oxygen atoms in total. The lowest BCUT2D eigenvalue weighted by atomic mass is 10.2. The maximum absolute atomic E-state index is 11.8. The molecule has 0 atom stereocenters. The van der Waals surface area contributed by atoms with Crippen LogP contribution in [0.4, 0.5) is 0 Å². The quantitative estimate of drug-likeness (QED) is 0.486. The molecule has 0 spiro atoms. The topological polar surface area (TPSA) is 80.3 Å². The lowest BCUT2D eigenvalue weighted by Crippen LogP contribution is -2.27. The Hall–Kier alpha value is -2.13. The molecule has 21 heavy (non-hydrogen) atoms. The predicted octanol–water partition coefficient (Wildman–Crippen LogP) is 2.64. The molecule has 0 aromatic carbocycles. The van der Waals surface area contributed by atoms with Crippen LogP contribution in [0.25, 0.3) is 6.08 Å². The van der Waals surface area contributed by atoms with Gasteiger partial charge in [0.25, 0.3) is 0 Å².